The lowest BCUT2D eigenvalue weighted by molar-refractivity contribution is 4.11. The molecule has 0 spiro atoms. The van der Waals surface area contributed by atoms with Crippen molar-refractivity contribution in [2.24, 2.45) is 0 Å². The van der Waals surface area contributed by atoms with Gasteiger partial charge in [-0.15, -0.1) is 87.2 Å². The summed E-state index contributed by atoms with van der Waals surface area (Å²) in [5.41, 5.74) is 0. The lowest BCUT2D eigenvalue weighted by Gasteiger charge is -2.25. The number of rotatable bonds is 2. The third-order valence-electron chi connectivity index (χ3n) is 0.652. The molecule has 0 nitrogen and oxygen atoms in total. The third-order valence-corrected chi connectivity index (χ3v) is 203. The van der Waals surface area contributed by atoms with Crippen LogP contribution in [0, 0.1) is 0 Å². The highest BCUT2D eigenvalue weighted by Gasteiger charge is 2.53. The number of halogens is 7. The quantitative estimate of drug-likeness (QED) is 0.213. The maximum Gasteiger partial charge on any atom is 0.263 e. The molecule has 0 N–H and O–H groups in total. The monoisotopic (exact) mass is 973 g/mol. The van der Waals surface area contributed by atoms with Crippen molar-refractivity contribution in [3.05, 3.63) is 0 Å². The van der Waals surface area contributed by atoms with Crippen LogP contribution in [0.4, 0.5) is 0 Å². The molecule has 0 amide bonds. The van der Waals surface area contributed by atoms with Crippen molar-refractivity contribution in [3.63, 3.8) is 0 Å². The molecule has 62 valence electrons. The second-order valence-corrected chi connectivity index (χ2v) is 108. The minimum Gasteiger partial charge on any atom is -0.111 e. The van der Waals surface area contributed by atoms with Crippen LogP contribution < -0.4 is 0 Å². The average Bonchev–Trinajstić information content (AvgIpc) is 1.62. The van der Waals surface area contributed by atoms with E-state index >= 15 is 0 Å². The maximum atomic E-state index is 2.78. The second kappa shape index (κ2) is 6.48. The van der Waals surface area contributed by atoms with E-state index in [1.54, 1.807) is 0 Å². The van der Waals surface area contributed by atoms with Crippen LogP contribution in [-0.2, 0) is 0 Å². The third kappa shape index (κ3) is 5.20. The summed E-state index contributed by atoms with van der Waals surface area (Å²) in [6.07, 6.45) is 0. The smallest absolute Gasteiger partial charge is 0.111 e. The van der Waals surface area contributed by atoms with E-state index in [4.69, 9.17) is 0 Å². The van der Waals surface area contributed by atoms with E-state index in [-0.39, 0.29) is 0 Å². The van der Waals surface area contributed by atoms with Gasteiger partial charge in [0.05, 0.1) is 0 Å². The van der Waals surface area contributed by atoms with Gasteiger partial charge in [-0.05, 0) is 0 Å². The molecule has 10 heavy (non-hydrogen) atoms. The zero-order chi connectivity index (χ0) is 8.58. The Balaban J connectivity index is 4.40. The Bertz CT molecular complexity index is 111. The van der Waals surface area contributed by atoms with E-state index in [0.717, 1.165) is 0 Å². The molecule has 0 aliphatic carbocycles. The summed E-state index contributed by atoms with van der Waals surface area (Å²) < 4.78 is -2.12. The van der Waals surface area contributed by atoms with E-state index in [1.165, 1.54) is 0 Å². The van der Waals surface area contributed by atoms with Crippen LogP contribution in [0.2, 0.25) is 0 Å². The van der Waals surface area contributed by atoms with Crippen molar-refractivity contribution in [2.75, 3.05) is 0 Å². The first-order chi connectivity index (χ1) is 4.19. The van der Waals surface area contributed by atoms with Crippen molar-refractivity contribution < 1.29 is 0 Å². The van der Waals surface area contributed by atoms with Crippen LogP contribution in [0.15, 0.2) is 0 Å². The van der Waals surface area contributed by atoms with Crippen LogP contribution in [-0.4, -0.2) is 5.49 Å². The Morgan fingerprint density at radius 3 is 1.10 bits per heavy atom. The Labute approximate surface area is 153 Å². The number of hydrogen-bond donors (Lipinski definition) is 0. The fourth-order valence-corrected chi connectivity index (χ4v) is 150. The first-order valence-corrected chi connectivity index (χ1v) is 32.6. The fourth-order valence-electron chi connectivity index (χ4n) is 0.124. The van der Waals surface area contributed by atoms with Gasteiger partial charge in [0.2, 0.25) is 2.10 Å². The van der Waals surface area contributed by atoms with Crippen molar-refractivity contribution >= 4 is 158 Å². The Morgan fingerprint density at radius 2 is 1.10 bits per heavy atom. The van der Waals surface area contributed by atoms with Crippen molar-refractivity contribution in [1.82, 2.24) is 0 Å². The second-order valence-electron chi connectivity index (χ2n) is 1.42. The van der Waals surface area contributed by atoms with Crippen LogP contribution in [0.5, 0.6) is 0 Å². The van der Waals surface area contributed by atoms with Gasteiger partial charge in [0, 0.05) is 0 Å². The fraction of sp³-hybridized carbons (Fsp3) is 0. The highest BCUT2D eigenvalue weighted by molar-refractivity contribution is 14.4. The van der Waals surface area contributed by atoms with Crippen LogP contribution in [0.3, 0.4) is 0 Å². The molecule has 10 heteroatoms. The van der Waals surface area contributed by atoms with E-state index in [2.05, 4.69) is 153 Å². The summed E-state index contributed by atoms with van der Waals surface area (Å²) in [6.45, 7) is 0. The van der Waals surface area contributed by atoms with Crippen LogP contribution in [0.25, 0.3) is 0 Å². The molecule has 0 aromatic heterocycles. The summed E-state index contributed by atoms with van der Waals surface area (Å²) in [5, 5.41) is 0. The van der Waals surface area contributed by atoms with Crippen LogP contribution >= 0.6 is 153 Å². The Kier molecular flexibility index (Phi) is 10.2. The van der Waals surface area contributed by atoms with Gasteiger partial charge in [-0.25, -0.2) is 0 Å². The molecular weight excluding hydrogens is 973 g/mol. The molecular formula is HI7Si3. The average molecular weight is 974 g/mol. The summed E-state index contributed by atoms with van der Waals surface area (Å²) in [4.78, 5) is 0. The predicted molar refractivity (Wildman–Crippen MR) is 117 cm³/mol. The molecule has 0 aliphatic heterocycles. The first-order valence-electron chi connectivity index (χ1n) is 1.92. The standard InChI is InChI=1S/HI7Si3/c1-8(2)10(6,7)9(3,4)5/h8H. The Morgan fingerprint density at radius 1 is 0.800 bits per heavy atom. The highest BCUT2D eigenvalue weighted by atomic mass is 127. The van der Waals surface area contributed by atoms with Gasteiger partial charge < -0.3 is 0 Å². The zero-order valence-electron chi connectivity index (χ0n) is 4.22. The molecule has 0 rings (SSSR count). The zero-order valence-corrected chi connectivity index (χ0v) is 22.5. The minimum atomic E-state index is -0.879. The van der Waals surface area contributed by atoms with Gasteiger partial charge in [0.15, 0.2) is 3.31 Å². The molecule has 0 bridgehead atoms. The van der Waals surface area contributed by atoms with Gasteiger partial charge in [-0.2, -0.15) is 0 Å². The van der Waals surface area contributed by atoms with E-state index in [1.807, 2.05) is 0 Å². The minimum absolute atomic E-state index is 0.413. The van der Waals surface area contributed by atoms with Crippen molar-refractivity contribution in [2.45, 2.75) is 0 Å². The molecule has 0 atom stereocenters. The summed E-state index contributed by atoms with van der Waals surface area (Å²) >= 11 is 19.1. The van der Waals surface area contributed by atoms with Gasteiger partial charge >= 0.3 is 0 Å². The molecule has 0 radical (unpaired) electrons. The lowest BCUT2D eigenvalue weighted by Crippen LogP contribution is -2.47. The van der Waals surface area contributed by atoms with Gasteiger partial charge in [0.25, 0.3) is 0.0813 Å². The summed E-state index contributed by atoms with van der Waals surface area (Å²) in [7, 11) is 0. The highest BCUT2D eigenvalue weighted by Crippen LogP contribution is 2.49. The van der Waals surface area contributed by atoms with E-state index in [0.29, 0.717) is 0 Å². The molecule has 0 aliphatic rings. The molecule has 0 fully saturated rings. The molecule has 0 aromatic rings. The summed E-state index contributed by atoms with van der Waals surface area (Å²) in [5.74, 6) is 0. The van der Waals surface area contributed by atoms with Crippen molar-refractivity contribution in [1.29, 1.82) is 0 Å². The maximum absolute atomic E-state index is 2.78. The van der Waals surface area contributed by atoms with Gasteiger partial charge in [-0.3, -0.25) is 0 Å². The SMILES string of the molecule is I[SiH](I)[Si](I)(I)[Si](I)(I)I. The predicted octanol–water partition coefficient (Wildman–Crippen LogP) is 4.79. The van der Waals surface area contributed by atoms with Crippen LogP contribution in [0.1, 0.15) is 0 Å². The number of hydrogen-bond acceptors (Lipinski definition) is 0. The Hall–Kier alpha value is 5.76. The lowest BCUT2D eigenvalue weighted by atomic mass is 26.6. The normalized spacial score (nSPS) is 14.4. The van der Waals surface area contributed by atoms with Gasteiger partial charge in [0.1, 0.15) is 0 Å². The summed E-state index contributed by atoms with van der Waals surface area (Å²) in [6, 6.07) is 0. The van der Waals surface area contributed by atoms with Gasteiger partial charge in [-0.1, -0.05) is 65.4 Å². The van der Waals surface area contributed by atoms with E-state index < -0.39 is 5.49 Å². The molecule has 0 saturated heterocycles. The first kappa shape index (κ1) is 15.8. The van der Waals surface area contributed by atoms with Crippen molar-refractivity contribution in [3.8, 4) is 0 Å². The largest absolute Gasteiger partial charge is 0.263 e. The van der Waals surface area contributed by atoms with E-state index in [9.17, 15) is 0 Å². The molecule has 0 aromatic carbocycles. The molecule has 0 unspecified atom stereocenters. The molecule has 0 heterocycles. The topological polar surface area (TPSA) is 0 Å². The molecule has 0 saturated carbocycles.